The molecule has 0 aromatic heterocycles. The molecule has 0 saturated carbocycles. The zero-order valence-corrected chi connectivity index (χ0v) is 11.1. The lowest BCUT2D eigenvalue weighted by molar-refractivity contribution is -0.272. The van der Waals surface area contributed by atoms with Gasteiger partial charge in [-0.1, -0.05) is 20.8 Å². The molecule has 122 valence electrons. The molecule has 2 N–H and O–H groups in total. The van der Waals surface area contributed by atoms with Gasteiger partial charge in [0.2, 0.25) is 0 Å². The number of carboxylic acids is 2. The second-order valence-corrected chi connectivity index (χ2v) is 5.17. The normalized spacial score (nSPS) is 15.0. The Morgan fingerprint density at radius 3 is 1.29 bits per heavy atom. The third-order valence-electron chi connectivity index (χ3n) is 2.41. The maximum atomic E-state index is 12.6. The van der Waals surface area contributed by atoms with Gasteiger partial charge >= 0.3 is 24.3 Å². The minimum atomic E-state index is -5.99. The van der Waals surface area contributed by atoms with Crippen LogP contribution in [0.2, 0.25) is 0 Å². The van der Waals surface area contributed by atoms with Gasteiger partial charge in [0.05, 0.1) is 11.1 Å². The molecule has 0 amide bonds. The molecule has 0 saturated heterocycles. The lowest BCUT2D eigenvalue weighted by Gasteiger charge is -2.28. The van der Waals surface area contributed by atoms with Gasteiger partial charge in [-0.15, -0.1) is 0 Å². The van der Waals surface area contributed by atoms with Gasteiger partial charge in [-0.3, -0.25) is 0 Å². The Hall–Kier alpha value is -1.74. The van der Waals surface area contributed by atoms with Crippen molar-refractivity contribution in [1.82, 2.24) is 0 Å². The van der Waals surface area contributed by atoms with Gasteiger partial charge in [0.1, 0.15) is 0 Å². The quantitative estimate of drug-likeness (QED) is 0.618. The summed E-state index contributed by atoms with van der Waals surface area (Å²) in [6, 6.07) is 0. The first-order chi connectivity index (χ1) is 9.01. The van der Waals surface area contributed by atoms with Crippen molar-refractivity contribution in [2.75, 3.05) is 0 Å². The second-order valence-electron chi connectivity index (χ2n) is 5.17. The molecule has 0 bridgehead atoms. The van der Waals surface area contributed by atoms with Crippen LogP contribution in [-0.4, -0.2) is 34.5 Å². The summed E-state index contributed by atoms with van der Waals surface area (Å²) in [5.74, 6) is -9.12. The van der Waals surface area contributed by atoms with E-state index in [4.69, 9.17) is 10.2 Å². The number of hydrogen-bond acceptors (Lipinski definition) is 2. The monoisotopic (exact) mass is 322 g/mol. The smallest absolute Gasteiger partial charge is 0.404 e. The average Bonchev–Trinajstić information content (AvgIpc) is 2.08. The number of hydrogen-bond donors (Lipinski definition) is 2. The van der Waals surface area contributed by atoms with Gasteiger partial charge in [-0.2, -0.15) is 26.3 Å². The first-order valence-electron chi connectivity index (χ1n) is 5.36. The van der Waals surface area contributed by atoms with Crippen molar-refractivity contribution in [3.05, 3.63) is 11.1 Å². The van der Waals surface area contributed by atoms with Crippen LogP contribution in [0.4, 0.5) is 26.3 Å². The number of halogens is 6. The molecule has 0 aliphatic carbocycles. The lowest BCUT2D eigenvalue weighted by atomic mass is 9.79. The van der Waals surface area contributed by atoms with E-state index < -0.39 is 46.8 Å². The molecule has 0 radical (unpaired) electrons. The van der Waals surface area contributed by atoms with Crippen molar-refractivity contribution in [3.8, 4) is 0 Å². The number of alkyl halides is 6. The summed E-state index contributed by atoms with van der Waals surface area (Å²) in [6.45, 7) is 3.01. The van der Waals surface area contributed by atoms with Gasteiger partial charge < -0.3 is 10.2 Å². The molecule has 0 fully saturated rings. The summed E-state index contributed by atoms with van der Waals surface area (Å²) >= 11 is 0. The van der Waals surface area contributed by atoms with E-state index in [2.05, 4.69) is 0 Å². The van der Waals surface area contributed by atoms with Crippen LogP contribution >= 0.6 is 0 Å². The largest absolute Gasteiger partial charge is 0.478 e. The van der Waals surface area contributed by atoms with Gasteiger partial charge in [0, 0.05) is 0 Å². The van der Waals surface area contributed by atoms with E-state index in [1.165, 1.54) is 0 Å². The fourth-order valence-corrected chi connectivity index (χ4v) is 1.73. The van der Waals surface area contributed by atoms with Crippen molar-refractivity contribution in [2.45, 2.75) is 33.1 Å². The average molecular weight is 322 g/mol. The molecule has 0 spiro atoms. The van der Waals surface area contributed by atoms with E-state index in [0.29, 0.717) is 0 Å². The molecule has 4 nitrogen and oxygen atoms in total. The molecule has 0 rings (SSSR count). The molecular formula is C11H12F6O4. The predicted molar refractivity (Wildman–Crippen MR) is 57.4 cm³/mol. The summed E-state index contributed by atoms with van der Waals surface area (Å²) in [4.78, 5) is 21.9. The van der Waals surface area contributed by atoms with Crippen LogP contribution in [0.25, 0.3) is 0 Å². The highest BCUT2D eigenvalue weighted by molar-refractivity contribution is 6.00. The molecular weight excluding hydrogens is 310 g/mol. The maximum Gasteiger partial charge on any atom is 0.404 e. The lowest BCUT2D eigenvalue weighted by Crippen LogP contribution is -2.42. The van der Waals surface area contributed by atoms with Crippen molar-refractivity contribution in [1.29, 1.82) is 0 Å². The summed E-state index contributed by atoms with van der Waals surface area (Å²) in [5.41, 5.74) is -5.42. The molecule has 0 heterocycles. The molecule has 21 heavy (non-hydrogen) atoms. The second kappa shape index (κ2) is 5.57. The Morgan fingerprint density at radius 2 is 1.14 bits per heavy atom. The van der Waals surface area contributed by atoms with Crippen molar-refractivity contribution in [3.63, 3.8) is 0 Å². The van der Waals surface area contributed by atoms with E-state index in [9.17, 15) is 35.9 Å². The standard InChI is InChI=1S/C11H12F6O4/c1-9(2,3)5(8(20)21)4(7(18)19)6(10(12,13)14)11(15,16)17/h6H,1-3H3,(H,18,19)(H,20,21). The zero-order chi connectivity index (χ0) is 17.4. The minimum absolute atomic E-state index is 1.00. The first-order valence-corrected chi connectivity index (χ1v) is 5.36. The topological polar surface area (TPSA) is 74.6 Å². The summed E-state index contributed by atoms with van der Waals surface area (Å²) in [5, 5.41) is 17.6. The SMILES string of the molecule is CC(C)(C)C(C(=O)O)=C(C(=O)O)C(C(F)(F)F)C(F)(F)F. The van der Waals surface area contributed by atoms with Crippen LogP contribution in [0.15, 0.2) is 11.1 Å². The van der Waals surface area contributed by atoms with Crippen LogP contribution < -0.4 is 0 Å². The van der Waals surface area contributed by atoms with Crippen molar-refractivity contribution < 1.29 is 46.1 Å². The maximum absolute atomic E-state index is 12.6. The fraction of sp³-hybridized carbons (Fsp3) is 0.636. The number of carboxylic acid groups (broad SMARTS) is 2. The van der Waals surface area contributed by atoms with Gasteiger partial charge in [-0.25, -0.2) is 9.59 Å². The van der Waals surface area contributed by atoms with E-state index in [-0.39, 0.29) is 0 Å². The van der Waals surface area contributed by atoms with Crippen LogP contribution in [0.5, 0.6) is 0 Å². The highest BCUT2D eigenvalue weighted by Gasteiger charge is 2.61. The third-order valence-corrected chi connectivity index (χ3v) is 2.41. The van der Waals surface area contributed by atoms with Gasteiger partial charge in [0.15, 0.2) is 5.92 Å². The molecule has 0 aromatic rings. The summed E-state index contributed by atoms with van der Waals surface area (Å²) in [7, 11) is 0. The zero-order valence-electron chi connectivity index (χ0n) is 11.1. The van der Waals surface area contributed by atoms with Crippen LogP contribution in [0.3, 0.4) is 0 Å². The van der Waals surface area contributed by atoms with Crippen molar-refractivity contribution in [2.24, 2.45) is 11.3 Å². The van der Waals surface area contributed by atoms with E-state index >= 15 is 0 Å². The Kier molecular flexibility index (Phi) is 5.11. The van der Waals surface area contributed by atoms with Crippen molar-refractivity contribution >= 4 is 11.9 Å². The molecule has 0 aromatic carbocycles. The Bertz CT molecular complexity index is 453. The summed E-state index contributed by atoms with van der Waals surface area (Å²) < 4.78 is 75.8. The Morgan fingerprint density at radius 1 is 0.810 bits per heavy atom. The number of carbonyl (C=O) groups is 2. The van der Waals surface area contributed by atoms with Gasteiger partial charge in [0.25, 0.3) is 0 Å². The Balaban J connectivity index is 6.71. The van der Waals surface area contributed by atoms with Gasteiger partial charge in [-0.05, 0) is 5.41 Å². The van der Waals surface area contributed by atoms with Crippen LogP contribution in [-0.2, 0) is 9.59 Å². The number of rotatable bonds is 3. The fourth-order valence-electron chi connectivity index (χ4n) is 1.73. The molecule has 0 unspecified atom stereocenters. The van der Waals surface area contributed by atoms with E-state index in [1.54, 1.807) is 0 Å². The highest BCUT2D eigenvalue weighted by Crippen LogP contribution is 2.46. The van der Waals surface area contributed by atoms with Crippen LogP contribution in [0.1, 0.15) is 20.8 Å². The third kappa shape index (κ3) is 4.64. The summed E-state index contributed by atoms with van der Waals surface area (Å²) in [6.07, 6.45) is -12.0. The van der Waals surface area contributed by atoms with Crippen LogP contribution in [0, 0.1) is 11.3 Å². The van der Waals surface area contributed by atoms with E-state index in [1.807, 2.05) is 0 Å². The molecule has 10 heteroatoms. The molecule has 0 atom stereocenters. The highest BCUT2D eigenvalue weighted by atomic mass is 19.4. The minimum Gasteiger partial charge on any atom is -0.478 e. The predicted octanol–water partition coefficient (Wildman–Crippen LogP) is 3.24. The number of aliphatic carboxylic acids is 2. The Labute approximate surface area is 115 Å². The van der Waals surface area contributed by atoms with E-state index in [0.717, 1.165) is 20.8 Å². The first kappa shape index (κ1) is 19.3. The molecule has 0 aliphatic heterocycles. The molecule has 0 aliphatic rings.